The smallest absolute Gasteiger partial charge is 0.355 e. The summed E-state index contributed by atoms with van der Waals surface area (Å²) in [5, 5.41) is 4.65. The Hall–Kier alpha value is -2.02. The first-order valence-corrected chi connectivity index (χ1v) is 8.74. The lowest BCUT2D eigenvalue weighted by Gasteiger charge is -2.14. The quantitative estimate of drug-likeness (QED) is 0.548. The average molecular weight is 389 g/mol. The molecule has 0 radical (unpaired) electrons. The Balaban J connectivity index is 1.84. The third kappa shape index (κ3) is 6.37. The second kappa shape index (κ2) is 9.07. The fourth-order valence-electron chi connectivity index (χ4n) is 2.76. The number of carbonyl (C=O) groups excluding carboxylic acids is 2. The molecule has 0 saturated heterocycles. The zero-order valence-electron chi connectivity index (χ0n) is 14.1. The molecule has 26 heavy (non-hydrogen) atoms. The van der Waals surface area contributed by atoms with Crippen LogP contribution in [0, 0.1) is 0 Å². The van der Waals surface area contributed by atoms with Gasteiger partial charge in [0.1, 0.15) is 6.42 Å². The highest BCUT2D eigenvalue weighted by atomic mass is 35.5. The molecule has 2 rings (SSSR count). The molecule has 4 nitrogen and oxygen atoms in total. The largest absolute Gasteiger partial charge is 0.418 e. The highest BCUT2D eigenvalue weighted by Gasteiger charge is 2.34. The van der Waals surface area contributed by atoms with E-state index >= 15 is 0 Å². The topological polar surface area (TPSA) is 58.2 Å². The van der Waals surface area contributed by atoms with E-state index in [1.54, 1.807) is 0 Å². The average Bonchev–Trinajstić information content (AvgIpc) is 2.56. The van der Waals surface area contributed by atoms with Crippen molar-refractivity contribution < 1.29 is 22.8 Å². The summed E-state index contributed by atoms with van der Waals surface area (Å²) < 4.78 is 39.0. The van der Waals surface area contributed by atoms with E-state index in [1.165, 1.54) is 18.1 Å². The van der Waals surface area contributed by atoms with Crippen molar-refractivity contribution in [2.75, 3.05) is 11.9 Å². The van der Waals surface area contributed by atoms with E-state index in [0.717, 1.165) is 37.8 Å². The number of hydrogen-bond acceptors (Lipinski definition) is 2. The molecular weight excluding hydrogens is 369 g/mol. The van der Waals surface area contributed by atoms with Gasteiger partial charge in [0.05, 0.1) is 11.3 Å². The number of carbonyl (C=O) groups is 2. The van der Waals surface area contributed by atoms with Crippen LogP contribution in [-0.4, -0.2) is 18.4 Å². The van der Waals surface area contributed by atoms with Gasteiger partial charge in [0.15, 0.2) is 0 Å². The maximum atomic E-state index is 13.0. The molecule has 2 amide bonds. The summed E-state index contributed by atoms with van der Waals surface area (Å²) in [7, 11) is 0. The van der Waals surface area contributed by atoms with Gasteiger partial charge in [0.2, 0.25) is 11.8 Å². The Morgan fingerprint density at radius 3 is 2.58 bits per heavy atom. The zero-order valence-corrected chi connectivity index (χ0v) is 14.8. The Bertz CT molecular complexity index is 702. The van der Waals surface area contributed by atoms with Crippen LogP contribution in [0.4, 0.5) is 18.9 Å². The van der Waals surface area contributed by atoms with Gasteiger partial charge >= 0.3 is 6.18 Å². The van der Waals surface area contributed by atoms with Crippen LogP contribution < -0.4 is 10.6 Å². The fourth-order valence-corrected chi connectivity index (χ4v) is 2.93. The highest BCUT2D eigenvalue weighted by molar-refractivity contribution is 6.30. The number of nitrogens with one attached hydrogen (secondary N) is 2. The Kier molecular flexibility index (Phi) is 7.08. The van der Waals surface area contributed by atoms with Crippen LogP contribution in [0.2, 0.25) is 5.02 Å². The van der Waals surface area contributed by atoms with Crippen molar-refractivity contribution in [1.29, 1.82) is 0 Å². The predicted molar refractivity (Wildman–Crippen MR) is 93.9 cm³/mol. The van der Waals surface area contributed by atoms with Crippen molar-refractivity contribution >= 4 is 29.1 Å². The molecule has 1 aliphatic carbocycles. The van der Waals surface area contributed by atoms with Gasteiger partial charge in [0.25, 0.3) is 0 Å². The normalized spacial score (nSPS) is 14.5. The first-order chi connectivity index (χ1) is 12.3. The molecule has 0 bridgehead atoms. The van der Waals surface area contributed by atoms with Gasteiger partial charge in [-0.15, -0.1) is 0 Å². The predicted octanol–water partition coefficient (Wildman–Crippen LogP) is 4.69. The number of amides is 2. The summed E-state index contributed by atoms with van der Waals surface area (Å²) in [6, 6.07) is 3.04. The number of alkyl halides is 3. The van der Waals surface area contributed by atoms with Crippen molar-refractivity contribution in [3.05, 3.63) is 40.4 Å². The van der Waals surface area contributed by atoms with E-state index in [2.05, 4.69) is 16.7 Å². The second-order valence-electron chi connectivity index (χ2n) is 6.12. The van der Waals surface area contributed by atoms with Crippen molar-refractivity contribution in [1.82, 2.24) is 5.32 Å². The molecule has 1 aromatic carbocycles. The minimum atomic E-state index is -4.66. The standard InChI is InChI=1S/C18H20ClF3N2O2/c19-13-6-7-15(14(10-13)18(20,21)22)24-17(26)11-16(25)23-9-8-12-4-2-1-3-5-12/h4,6-7,10H,1-3,5,8-9,11H2,(H,23,25)(H,24,26). The number of allylic oxidation sites excluding steroid dienone is 1. The summed E-state index contributed by atoms with van der Waals surface area (Å²) >= 11 is 5.58. The molecule has 0 saturated carbocycles. The van der Waals surface area contributed by atoms with Crippen LogP contribution in [0.5, 0.6) is 0 Å². The minimum absolute atomic E-state index is 0.0925. The summed E-state index contributed by atoms with van der Waals surface area (Å²) in [6.07, 6.45) is 2.08. The van der Waals surface area contributed by atoms with E-state index in [4.69, 9.17) is 11.6 Å². The molecule has 8 heteroatoms. The van der Waals surface area contributed by atoms with Gasteiger partial charge in [-0.3, -0.25) is 9.59 Å². The lowest BCUT2D eigenvalue weighted by Crippen LogP contribution is -2.29. The number of rotatable bonds is 6. The van der Waals surface area contributed by atoms with Gasteiger partial charge in [-0.25, -0.2) is 0 Å². The lowest BCUT2D eigenvalue weighted by molar-refractivity contribution is -0.137. The molecule has 0 spiro atoms. The minimum Gasteiger partial charge on any atom is -0.355 e. The van der Waals surface area contributed by atoms with Gasteiger partial charge < -0.3 is 10.6 Å². The van der Waals surface area contributed by atoms with E-state index in [1.807, 2.05) is 0 Å². The maximum absolute atomic E-state index is 13.0. The third-order valence-corrected chi connectivity index (χ3v) is 4.27. The molecule has 0 atom stereocenters. The summed E-state index contributed by atoms with van der Waals surface area (Å²) in [6.45, 7) is 0.409. The second-order valence-corrected chi connectivity index (χ2v) is 6.56. The molecular formula is C18H20ClF3N2O2. The van der Waals surface area contributed by atoms with E-state index in [0.29, 0.717) is 6.54 Å². The SMILES string of the molecule is O=C(CC(=O)Nc1ccc(Cl)cc1C(F)(F)F)NCCC1=CCCCC1. The van der Waals surface area contributed by atoms with Crippen molar-refractivity contribution in [2.45, 2.75) is 44.7 Å². The Morgan fingerprint density at radius 2 is 1.92 bits per heavy atom. The first kappa shape index (κ1) is 20.3. The van der Waals surface area contributed by atoms with Crippen molar-refractivity contribution in [2.24, 2.45) is 0 Å². The van der Waals surface area contributed by atoms with Gasteiger partial charge in [-0.1, -0.05) is 23.3 Å². The van der Waals surface area contributed by atoms with Gasteiger partial charge in [-0.05, 0) is 50.3 Å². The number of halogens is 4. The molecule has 0 heterocycles. The summed E-state index contributed by atoms with van der Waals surface area (Å²) in [5.74, 6) is -1.34. The van der Waals surface area contributed by atoms with Crippen LogP contribution in [0.25, 0.3) is 0 Å². The van der Waals surface area contributed by atoms with Gasteiger partial charge in [0, 0.05) is 11.6 Å². The van der Waals surface area contributed by atoms with Gasteiger partial charge in [-0.2, -0.15) is 13.2 Å². The van der Waals surface area contributed by atoms with Crippen LogP contribution in [0.1, 0.15) is 44.1 Å². The Morgan fingerprint density at radius 1 is 1.15 bits per heavy atom. The summed E-state index contributed by atoms with van der Waals surface area (Å²) in [5.41, 5.74) is -0.188. The Labute approximate surface area is 154 Å². The monoisotopic (exact) mass is 388 g/mol. The number of anilines is 1. The fraction of sp³-hybridized carbons (Fsp3) is 0.444. The van der Waals surface area contributed by atoms with Crippen LogP contribution in [-0.2, 0) is 15.8 Å². The summed E-state index contributed by atoms with van der Waals surface area (Å²) in [4.78, 5) is 23.7. The lowest BCUT2D eigenvalue weighted by atomic mass is 9.97. The molecule has 1 aliphatic rings. The molecule has 1 aromatic rings. The molecule has 0 fully saturated rings. The van der Waals surface area contributed by atoms with Crippen molar-refractivity contribution in [3.63, 3.8) is 0 Å². The molecule has 0 unspecified atom stereocenters. The molecule has 2 N–H and O–H groups in total. The number of benzene rings is 1. The first-order valence-electron chi connectivity index (χ1n) is 8.37. The maximum Gasteiger partial charge on any atom is 0.418 e. The molecule has 0 aromatic heterocycles. The van der Waals surface area contributed by atoms with Crippen LogP contribution >= 0.6 is 11.6 Å². The molecule has 0 aliphatic heterocycles. The van der Waals surface area contributed by atoms with E-state index in [9.17, 15) is 22.8 Å². The molecule has 142 valence electrons. The van der Waals surface area contributed by atoms with Crippen molar-refractivity contribution in [3.8, 4) is 0 Å². The zero-order chi connectivity index (χ0) is 19.2. The van der Waals surface area contributed by atoms with Crippen LogP contribution in [0.3, 0.4) is 0 Å². The van der Waals surface area contributed by atoms with E-state index in [-0.39, 0.29) is 5.02 Å². The highest BCUT2D eigenvalue weighted by Crippen LogP contribution is 2.36. The van der Waals surface area contributed by atoms with Crippen LogP contribution in [0.15, 0.2) is 29.8 Å². The van der Waals surface area contributed by atoms with E-state index < -0.39 is 35.7 Å². The third-order valence-electron chi connectivity index (χ3n) is 4.04. The number of hydrogen-bond donors (Lipinski definition) is 2.